The van der Waals surface area contributed by atoms with Gasteiger partial charge in [0, 0.05) is 0 Å². The molecule has 3 N–H and O–H groups in total. The molecule has 0 saturated heterocycles. The minimum atomic E-state index is -0.854. The highest BCUT2D eigenvalue weighted by atomic mass is 16.5. The molecule has 5 heteroatoms. The number of H-pyrrole nitrogens is 1. The fourth-order valence-corrected chi connectivity index (χ4v) is 1.31. The van der Waals surface area contributed by atoms with Gasteiger partial charge in [-0.05, 0) is 12.1 Å². The summed E-state index contributed by atoms with van der Waals surface area (Å²) < 4.78 is 5.36. The van der Waals surface area contributed by atoms with Gasteiger partial charge in [0.1, 0.15) is 18.5 Å². The van der Waals surface area contributed by atoms with Gasteiger partial charge in [0.15, 0.2) is 0 Å². The molecule has 0 aliphatic carbocycles. The molecule has 1 atom stereocenters. The van der Waals surface area contributed by atoms with Crippen molar-refractivity contribution >= 4 is 10.9 Å². The molecule has 0 radical (unpaired) electrons. The summed E-state index contributed by atoms with van der Waals surface area (Å²) in [6, 6.07) is 5.51. The van der Waals surface area contributed by atoms with Crippen molar-refractivity contribution in [2.75, 3.05) is 13.2 Å². The van der Waals surface area contributed by atoms with Crippen molar-refractivity contribution in [3.05, 3.63) is 24.4 Å². The molecule has 0 amide bonds. The minimum Gasteiger partial charge on any atom is -0.490 e. The van der Waals surface area contributed by atoms with Crippen molar-refractivity contribution < 1.29 is 14.9 Å². The van der Waals surface area contributed by atoms with Gasteiger partial charge in [-0.25, -0.2) is 0 Å². The van der Waals surface area contributed by atoms with Crippen molar-refractivity contribution in [2.24, 2.45) is 0 Å². The number of aromatic amines is 1. The maximum Gasteiger partial charge on any atom is 0.130 e. The maximum absolute atomic E-state index is 9.14. The number of aromatic nitrogens is 2. The molecule has 0 unspecified atom stereocenters. The predicted molar refractivity (Wildman–Crippen MR) is 54.7 cm³/mol. The highest BCUT2D eigenvalue weighted by Gasteiger charge is 2.06. The first-order chi connectivity index (χ1) is 7.31. The van der Waals surface area contributed by atoms with E-state index in [-0.39, 0.29) is 13.2 Å². The van der Waals surface area contributed by atoms with Crippen molar-refractivity contribution in [1.82, 2.24) is 10.2 Å². The maximum atomic E-state index is 9.14. The van der Waals surface area contributed by atoms with Crippen molar-refractivity contribution in [3.8, 4) is 5.75 Å². The van der Waals surface area contributed by atoms with E-state index in [1.54, 1.807) is 12.3 Å². The summed E-state index contributed by atoms with van der Waals surface area (Å²) in [5, 5.41) is 25.4. The number of aliphatic hydroxyl groups is 2. The zero-order valence-corrected chi connectivity index (χ0v) is 8.05. The van der Waals surface area contributed by atoms with E-state index < -0.39 is 6.10 Å². The Hall–Kier alpha value is -1.59. The summed E-state index contributed by atoms with van der Waals surface area (Å²) >= 11 is 0. The van der Waals surface area contributed by atoms with Crippen molar-refractivity contribution in [2.45, 2.75) is 6.10 Å². The number of hydrogen-bond donors (Lipinski definition) is 3. The van der Waals surface area contributed by atoms with Crippen LogP contribution in [0.25, 0.3) is 10.9 Å². The minimum absolute atomic E-state index is 0.0702. The first kappa shape index (κ1) is 9.95. The monoisotopic (exact) mass is 208 g/mol. The molecule has 2 aromatic rings. The largest absolute Gasteiger partial charge is 0.490 e. The SMILES string of the molecule is OC[C@H](O)COc1cccc2[nH]ncc12. The summed E-state index contributed by atoms with van der Waals surface area (Å²) in [5.41, 5.74) is 0.881. The molecule has 15 heavy (non-hydrogen) atoms. The van der Waals surface area contributed by atoms with Gasteiger partial charge in [0.2, 0.25) is 0 Å². The molecular formula is C10H12N2O3. The Balaban J connectivity index is 2.17. The zero-order valence-electron chi connectivity index (χ0n) is 8.05. The lowest BCUT2D eigenvalue weighted by molar-refractivity contribution is 0.0541. The van der Waals surface area contributed by atoms with E-state index in [0.29, 0.717) is 5.75 Å². The molecule has 0 fully saturated rings. The van der Waals surface area contributed by atoms with E-state index in [0.717, 1.165) is 10.9 Å². The number of aliphatic hydroxyl groups excluding tert-OH is 2. The summed E-state index contributed by atoms with van der Waals surface area (Å²) in [6.07, 6.45) is 0.808. The summed E-state index contributed by atoms with van der Waals surface area (Å²) in [6.45, 7) is -0.234. The van der Waals surface area contributed by atoms with E-state index in [9.17, 15) is 0 Å². The number of hydrogen-bond acceptors (Lipinski definition) is 4. The van der Waals surface area contributed by atoms with Crippen LogP contribution in [-0.2, 0) is 0 Å². The normalized spacial score (nSPS) is 12.9. The molecule has 2 rings (SSSR count). The molecule has 80 valence electrons. The molecule has 0 bridgehead atoms. The van der Waals surface area contributed by atoms with Crippen LogP contribution in [0.15, 0.2) is 24.4 Å². The second-order valence-electron chi connectivity index (χ2n) is 3.23. The van der Waals surface area contributed by atoms with Gasteiger partial charge in [-0.15, -0.1) is 0 Å². The van der Waals surface area contributed by atoms with Crippen LogP contribution in [0.4, 0.5) is 0 Å². The third-order valence-corrected chi connectivity index (χ3v) is 2.09. The summed E-state index contributed by atoms with van der Waals surface area (Å²) in [5.74, 6) is 0.647. The Morgan fingerprint density at radius 3 is 3.13 bits per heavy atom. The Bertz CT molecular complexity index is 441. The number of nitrogens with zero attached hydrogens (tertiary/aromatic N) is 1. The topological polar surface area (TPSA) is 78.4 Å². The standard InChI is InChI=1S/C10H12N2O3/c13-5-7(14)6-15-10-3-1-2-9-8(10)4-11-12-9/h1-4,7,13-14H,5-6H2,(H,11,12)/t7-/m0/s1. The fourth-order valence-electron chi connectivity index (χ4n) is 1.31. The lowest BCUT2D eigenvalue weighted by Crippen LogP contribution is -2.21. The summed E-state index contributed by atoms with van der Waals surface area (Å²) in [4.78, 5) is 0. The Morgan fingerprint density at radius 1 is 1.47 bits per heavy atom. The lowest BCUT2D eigenvalue weighted by atomic mass is 10.2. The fraction of sp³-hybridized carbons (Fsp3) is 0.300. The number of benzene rings is 1. The van der Waals surface area contributed by atoms with Crippen LogP contribution >= 0.6 is 0 Å². The first-order valence-corrected chi connectivity index (χ1v) is 4.65. The van der Waals surface area contributed by atoms with Crippen molar-refractivity contribution in [1.29, 1.82) is 0 Å². The van der Waals surface area contributed by atoms with E-state index in [1.165, 1.54) is 0 Å². The van der Waals surface area contributed by atoms with Gasteiger partial charge in [-0.3, -0.25) is 5.10 Å². The van der Waals surface area contributed by atoms with Crippen LogP contribution in [0.3, 0.4) is 0 Å². The highest BCUT2D eigenvalue weighted by Crippen LogP contribution is 2.23. The molecule has 0 spiro atoms. The zero-order chi connectivity index (χ0) is 10.7. The number of nitrogens with one attached hydrogen (secondary N) is 1. The van der Waals surface area contributed by atoms with Gasteiger partial charge >= 0.3 is 0 Å². The molecule has 0 aliphatic heterocycles. The van der Waals surface area contributed by atoms with E-state index >= 15 is 0 Å². The van der Waals surface area contributed by atoms with Gasteiger partial charge in [-0.1, -0.05) is 6.07 Å². The van der Waals surface area contributed by atoms with Crippen LogP contribution < -0.4 is 4.74 Å². The van der Waals surface area contributed by atoms with E-state index in [2.05, 4.69) is 10.2 Å². The van der Waals surface area contributed by atoms with Crippen LogP contribution in [0.5, 0.6) is 5.75 Å². The lowest BCUT2D eigenvalue weighted by Gasteiger charge is -2.10. The average Bonchev–Trinajstić information content (AvgIpc) is 2.74. The number of ether oxygens (including phenoxy) is 1. The molecular weight excluding hydrogens is 196 g/mol. The Labute approximate surface area is 86.3 Å². The molecule has 1 aromatic heterocycles. The van der Waals surface area contributed by atoms with Crippen LogP contribution in [-0.4, -0.2) is 39.7 Å². The van der Waals surface area contributed by atoms with Crippen LogP contribution in [0, 0.1) is 0 Å². The molecule has 0 saturated carbocycles. The Morgan fingerprint density at radius 2 is 2.33 bits per heavy atom. The van der Waals surface area contributed by atoms with Crippen molar-refractivity contribution in [3.63, 3.8) is 0 Å². The van der Waals surface area contributed by atoms with E-state index in [4.69, 9.17) is 14.9 Å². The number of fused-ring (bicyclic) bond motifs is 1. The third kappa shape index (κ3) is 2.08. The predicted octanol–water partition coefficient (Wildman–Crippen LogP) is 0.295. The molecule has 1 aromatic carbocycles. The smallest absolute Gasteiger partial charge is 0.130 e. The quantitative estimate of drug-likeness (QED) is 0.675. The van der Waals surface area contributed by atoms with Crippen LogP contribution in [0.2, 0.25) is 0 Å². The second-order valence-corrected chi connectivity index (χ2v) is 3.23. The molecule has 1 heterocycles. The van der Waals surface area contributed by atoms with Gasteiger partial charge < -0.3 is 14.9 Å². The second kappa shape index (κ2) is 4.29. The molecule has 5 nitrogen and oxygen atoms in total. The average molecular weight is 208 g/mol. The van der Waals surface area contributed by atoms with Gasteiger partial charge in [-0.2, -0.15) is 5.10 Å². The number of rotatable bonds is 4. The van der Waals surface area contributed by atoms with Gasteiger partial charge in [0.05, 0.1) is 23.7 Å². The Kier molecular flexibility index (Phi) is 2.84. The first-order valence-electron chi connectivity index (χ1n) is 4.65. The van der Waals surface area contributed by atoms with Gasteiger partial charge in [0.25, 0.3) is 0 Å². The van der Waals surface area contributed by atoms with E-state index in [1.807, 2.05) is 12.1 Å². The third-order valence-electron chi connectivity index (χ3n) is 2.09. The van der Waals surface area contributed by atoms with Crippen LogP contribution in [0.1, 0.15) is 0 Å². The summed E-state index contributed by atoms with van der Waals surface area (Å²) in [7, 11) is 0. The molecule has 0 aliphatic rings. The highest BCUT2D eigenvalue weighted by molar-refractivity contribution is 5.84.